The van der Waals surface area contributed by atoms with Gasteiger partial charge in [0.25, 0.3) is 0 Å². The average molecular weight is 730 g/mol. The van der Waals surface area contributed by atoms with Gasteiger partial charge >= 0.3 is 5.97 Å². The van der Waals surface area contributed by atoms with Gasteiger partial charge in [-0.25, -0.2) is 28.7 Å². The summed E-state index contributed by atoms with van der Waals surface area (Å²) >= 11 is 12.5. The second-order valence-corrected chi connectivity index (χ2v) is 11.9. The van der Waals surface area contributed by atoms with E-state index >= 15 is 0 Å². The Morgan fingerprint density at radius 1 is 0.750 bits per heavy atom. The zero-order chi connectivity index (χ0) is 34.7. The second kappa shape index (κ2) is 20.4. The number of rotatable bonds is 7. The maximum absolute atomic E-state index is 12.8. The largest absolute Gasteiger partial charge is 0.481 e. The third-order valence-corrected chi connectivity index (χ3v) is 7.39. The first kappa shape index (κ1) is 37.6. The number of hydrogen-bond acceptors (Lipinski definition) is 9. The number of anilines is 2. The third kappa shape index (κ3) is 13.9. The topological polar surface area (TPSA) is 144 Å². The van der Waals surface area contributed by atoms with Gasteiger partial charge in [0.2, 0.25) is 5.91 Å². The fourth-order valence-electron chi connectivity index (χ4n) is 3.69. The lowest BCUT2D eigenvalue weighted by Gasteiger charge is -2.02. The Morgan fingerprint density at radius 3 is 1.67 bits per heavy atom. The number of carbonyl (C=O) groups is 2. The molecule has 2 aromatic carbocycles. The quantitative estimate of drug-likeness (QED) is 0.140. The van der Waals surface area contributed by atoms with Gasteiger partial charge in [-0.3, -0.25) is 9.59 Å². The number of benzene rings is 2. The number of alkyl halides is 2. The minimum Gasteiger partial charge on any atom is -0.481 e. The van der Waals surface area contributed by atoms with Gasteiger partial charge < -0.3 is 16.2 Å². The molecule has 248 valence electrons. The Balaban J connectivity index is 0.000000203. The van der Waals surface area contributed by atoms with Crippen LogP contribution >= 0.6 is 45.9 Å². The number of carbonyl (C=O) groups excluding carboxylic acids is 1. The van der Waals surface area contributed by atoms with Crippen LogP contribution < -0.4 is 11.1 Å². The maximum atomic E-state index is 12.8. The summed E-state index contributed by atoms with van der Waals surface area (Å²) in [6.07, 6.45) is 6.56. The second-order valence-electron chi connectivity index (χ2n) is 9.28. The van der Waals surface area contributed by atoms with Gasteiger partial charge in [-0.1, -0.05) is 24.3 Å². The summed E-state index contributed by atoms with van der Waals surface area (Å²) in [5.41, 5.74) is 10.7. The Morgan fingerprint density at radius 2 is 1.23 bits per heavy atom. The van der Waals surface area contributed by atoms with Crippen molar-refractivity contribution in [1.29, 1.82) is 0 Å². The Labute approximate surface area is 293 Å². The normalized spacial score (nSPS) is 9.83. The average Bonchev–Trinajstić information content (AvgIpc) is 3.74. The fraction of sp³-hybridized carbons (Fsp3) is 0.0909. The maximum Gasteiger partial charge on any atom is 0.307 e. The number of nitrogens with one attached hydrogen (secondary N) is 1. The first-order chi connectivity index (χ1) is 23.2. The van der Waals surface area contributed by atoms with Crippen LogP contribution in [0.3, 0.4) is 0 Å². The van der Waals surface area contributed by atoms with Gasteiger partial charge in [0, 0.05) is 34.3 Å². The minimum atomic E-state index is -0.906. The molecular formula is C33H28Cl2F2N6O3S2. The molecule has 0 fully saturated rings. The number of hydrogen-bond donors (Lipinski definition) is 3. The molecule has 0 saturated carbocycles. The van der Waals surface area contributed by atoms with Crippen LogP contribution in [0.2, 0.25) is 0 Å². The zero-order valence-electron chi connectivity index (χ0n) is 25.0. The summed E-state index contributed by atoms with van der Waals surface area (Å²) in [5.74, 6) is -1.70. The first-order valence-electron chi connectivity index (χ1n) is 13.7. The van der Waals surface area contributed by atoms with Gasteiger partial charge in [0.15, 0.2) is 0 Å². The number of aliphatic carboxylic acids is 1. The summed E-state index contributed by atoms with van der Waals surface area (Å²) in [6.45, 7) is 0. The molecule has 0 aliphatic heterocycles. The molecule has 0 spiro atoms. The first-order valence-corrected chi connectivity index (χ1v) is 16.6. The predicted octanol–water partition coefficient (Wildman–Crippen LogP) is 8.19. The molecule has 1 amide bonds. The lowest BCUT2D eigenvalue weighted by atomic mass is 10.1. The van der Waals surface area contributed by atoms with Gasteiger partial charge in [0.1, 0.15) is 24.3 Å². The summed E-state index contributed by atoms with van der Waals surface area (Å²) in [5, 5.41) is 16.8. The number of nitrogen functional groups attached to an aromatic ring is 1. The van der Waals surface area contributed by atoms with E-state index in [1.165, 1.54) is 71.7 Å². The highest BCUT2D eigenvalue weighted by atomic mass is 35.5. The van der Waals surface area contributed by atoms with Crippen LogP contribution in [-0.4, -0.2) is 42.3 Å². The lowest BCUT2D eigenvalue weighted by molar-refractivity contribution is -0.136. The Bertz CT molecular complexity index is 1830. The minimum absolute atomic E-state index is 0.0553. The fourth-order valence-corrected chi connectivity index (χ4v) is 5.15. The number of carboxylic acid groups (broad SMARTS) is 1. The molecule has 0 bridgehead atoms. The number of amides is 1. The molecule has 15 heteroatoms. The number of nitrogens with zero attached hydrogens (tertiary/aromatic N) is 4. The van der Waals surface area contributed by atoms with E-state index in [0.717, 1.165) is 38.1 Å². The molecule has 48 heavy (non-hydrogen) atoms. The van der Waals surface area contributed by atoms with Crippen LogP contribution in [0.1, 0.15) is 11.1 Å². The molecule has 6 rings (SSSR count). The van der Waals surface area contributed by atoms with Crippen molar-refractivity contribution in [3.63, 3.8) is 0 Å². The lowest BCUT2D eigenvalue weighted by Crippen LogP contribution is -2.13. The van der Waals surface area contributed by atoms with Gasteiger partial charge in [0.05, 0.1) is 39.6 Å². The standard InChI is InChI=1S/C16H12FN3OS.C8H7FO2.C8H7N3S.CH2Cl2/c17-13-3-1-11(2-4-13)7-15(21)20-16-8-12(9-22-16)14-5-6-18-10-19-14;9-7-3-1-6(2-4-7)5-8(10)11;9-8-3-6(4-12-8)7-1-2-10-5-11-7;2-1-3/h1-6,8-10H,7H2,(H,20,21);1-4H,5H2,(H,10,11);1-5H,9H2;1H2. The van der Waals surface area contributed by atoms with Crippen molar-refractivity contribution in [3.05, 3.63) is 131 Å². The number of aromatic nitrogens is 4. The van der Waals surface area contributed by atoms with Crippen molar-refractivity contribution < 1.29 is 23.5 Å². The van der Waals surface area contributed by atoms with Crippen LogP contribution in [0.15, 0.2) is 109 Å². The highest BCUT2D eigenvalue weighted by molar-refractivity contribution is 7.14. The molecule has 0 saturated heterocycles. The number of halogens is 4. The van der Waals surface area contributed by atoms with Crippen molar-refractivity contribution in [2.75, 3.05) is 16.4 Å². The molecule has 0 unspecified atom stereocenters. The highest BCUT2D eigenvalue weighted by Crippen LogP contribution is 2.27. The SMILES string of the molecule is ClCCl.Nc1cc(-c2ccncn2)cs1.O=C(Cc1ccc(F)cc1)Nc1cc(-c2ccncn2)cs1.O=C(O)Cc1ccc(F)cc1. The van der Waals surface area contributed by atoms with Crippen LogP contribution in [0.4, 0.5) is 18.8 Å². The predicted molar refractivity (Wildman–Crippen MR) is 188 cm³/mol. The third-order valence-electron chi connectivity index (χ3n) is 5.78. The van der Waals surface area contributed by atoms with E-state index in [2.05, 4.69) is 25.3 Å². The van der Waals surface area contributed by atoms with Crippen molar-refractivity contribution in [3.8, 4) is 22.5 Å². The summed E-state index contributed by atoms with van der Waals surface area (Å²) < 4.78 is 25.1. The van der Waals surface area contributed by atoms with Crippen LogP contribution in [-0.2, 0) is 22.4 Å². The Hall–Kier alpha value is -4.82. The van der Waals surface area contributed by atoms with Crippen LogP contribution in [0.25, 0.3) is 22.5 Å². The monoisotopic (exact) mass is 728 g/mol. The number of nitrogens with two attached hydrogens (primary N) is 1. The van der Waals surface area contributed by atoms with Crippen LogP contribution in [0, 0.1) is 11.6 Å². The smallest absolute Gasteiger partial charge is 0.307 e. The van der Waals surface area contributed by atoms with E-state index in [0.29, 0.717) is 5.56 Å². The van der Waals surface area contributed by atoms with E-state index in [1.807, 2.05) is 35.0 Å². The van der Waals surface area contributed by atoms with E-state index in [9.17, 15) is 18.4 Å². The molecule has 4 aromatic heterocycles. The van der Waals surface area contributed by atoms with Gasteiger partial charge in [-0.2, -0.15) is 0 Å². The van der Waals surface area contributed by atoms with E-state index in [1.54, 1.807) is 24.5 Å². The molecule has 9 nitrogen and oxygen atoms in total. The molecular weight excluding hydrogens is 701 g/mol. The summed E-state index contributed by atoms with van der Waals surface area (Å²) in [7, 11) is 0. The van der Waals surface area contributed by atoms with Gasteiger partial charge in [-0.05, 0) is 59.7 Å². The molecule has 0 atom stereocenters. The molecule has 0 aliphatic carbocycles. The van der Waals surface area contributed by atoms with E-state index in [4.69, 9.17) is 34.0 Å². The molecule has 0 aliphatic rings. The van der Waals surface area contributed by atoms with Crippen molar-refractivity contribution in [1.82, 2.24) is 19.9 Å². The van der Waals surface area contributed by atoms with Crippen molar-refractivity contribution in [2.24, 2.45) is 0 Å². The van der Waals surface area contributed by atoms with Crippen LogP contribution in [0.5, 0.6) is 0 Å². The number of thiophene rings is 2. The molecule has 4 heterocycles. The summed E-state index contributed by atoms with van der Waals surface area (Å²) in [6, 6.07) is 18.8. The number of carboxylic acids is 1. The Kier molecular flexibility index (Phi) is 16.0. The van der Waals surface area contributed by atoms with E-state index in [-0.39, 0.29) is 35.7 Å². The molecule has 0 radical (unpaired) electrons. The van der Waals surface area contributed by atoms with Crippen molar-refractivity contribution >= 4 is 67.8 Å². The molecule has 6 aromatic rings. The highest BCUT2D eigenvalue weighted by Gasteiger charge is 2.08. The van der Waals surface area contributed by atoms with E-state index < -0.39 is 5.97 Å². The van der Waals surface area contributed by atoms with Crippen molar-refractivity contribution in [2.45, 2.75) is 12.8 Å². The molecule has 4 N–H and O–H groups in total. The zero-order valence-corrected chi connectivity index (χ0v) is 28.1. The summed E-state index contributed by atoms with van der Waals surface area (Å²) in [4.78, 5) is 38.1. The van der Waals surface area contributed by atoms with Gasteiger partial charge in [-0.15, -0.1) is 45.9 Å².